The molecule has 0 unspecified atom stereocenters. The summed E-state index contributed by atoms with van der Waals surface area (Å²) in [5.74, 6) is -0.434. The van der Waals surface area contributed by atoms with E-state index in [1.54, 1.807) is 19.3 Å². The molecule has 5 nitrogen and oxygen atoms in total. The molecule has 20 heavy (non-hydrogen) atoms. The minimum Gasteiger partial charge on any atom is -0.460 e. The van der Waals surface area contributed by atoms with Crippen LogP contribution in [0, 0.1) is 6.57 Å². The van der Waals surface area contributed by atoms with Gasteiger partial charge in [-0.2, -0.15) is 0 Å². The molecule has 0 saturated heterocycles. The fourth-order valence-electron chi connectivity index (χ4n) is 2.65. The highest BCUT2D eigenvalue weighted by Crippen LogP contribution is 2.36. The number of aromatic nitrogens is 2. The van der Waals surface area contributed by atoms with Gasteiger partial charge in [-0.15, -0.1) is 0 Å². The second-order valence-corrected chi connectivity index (χ2v) is 4.88. The highest BCUT2D eigenvalue weighted by molar-refractivity contribution is 5.87. The molecule has 3 rings (SSSR count). The van der Waals surface area contributed by atoms with Crippen LogP contribution in [0.5, 0.6) is 0 Å². The molecular formula is C15H13N3O2. The lowest BCUT2D eigenvalue weighted by Crippen LogP contribution is -2.37. The first-order valence-corrected chi connectivity index (χ1v) is 6.47. The molecule has 0 atom stereocenters. The molecular weight excluding hydrogens is 254 g/mol. The van der Waals surface area contributed by atoms with Gasteiger partial charge in [0, 0.05) is 12.4 Å². The number of nitrogens with zero attached hydrogens (tertiary/aromatic N) is 3. The summed E-state index contributed by atoms with van der Waals surface area (Å²) in [6.45, 7) is 9.45. The minimum atomic E-state index is -1.12. The molecule has 0 fully saturated rings. The van der Waals surface area contributed by atoms with Crippen molar-refractivity contribution in [3.05, 3.63) is 47.1 Å². The van der Waals surface area contributed by atoms with Gasteiger partial charge in [0.15, 0.2) is 0 Å². The summed E-state index contributed by atoms with van der Waals surface area (Å²) in [7, 11) is 0. The van der Waals surface area contributed by atoms with E-state index in [1.165, 1.54) is 0 Å². The van der Waals surface area contributed by atoms with E-state index >= 15 is 0 Å². The summed E-state index contributed by atoms with van der Waals surface area (Å²) in [5.41, 5.74) is 2.44. The van der Waals surface area contributed by atoms with Crippen LogP contribution >= 0.6 is 0 Å². The number of ether oxygens (including phenoxy) is 1. The second kappa shape index (κ2) is 4.57. The van der Waals surface area contributed by atoms with Gasteiger partial charge >= 0.3 is 11.5 Å². The van der Waals surface area contributed by atoms with Gasteiger partial charge in [-0.25, -0.2) is 11.4 Å². The average Bonchev–Trinajstić information content (AvgIpc) is 2.84. The first-order chi connectivity index (χ1) is 9.68. The molecule has 1 aliphatic carbocycles. The number of hydrogen-bond donors (Lipinski definition) is 0. The summed E-state index contributed by atoms with van der Waals surface area (Å²) in [5, 5.41) is 0. The van der Waals surface area contributed by atoms with E-state index in [0.717, 1.165) is 22.2 Å². The second-order valence-electron chi connectivity index (χ2n) is 4.88. The van der Waals surface area contributed by atoms with E-state index in [0.29, 0.717) is 12.8 Å². The van der Waals surface area contributed by atoms with Gasteiger partial charge < -0.3 is 4.74 Å². The Labute approximate surface area is 116 Å². The zero-order valence-electron chi connectivity index (χ0n) is 11.1. The summed E-state index contributed by atoms with van der Waals surface area (Å²) < 4.78 is 5.06. The number of esters is 1. The highest BCUT2D eigenvalue weighted by atomic mass is 16.5. The van der Waals surface area contributed by atoms with Gasteiger partial charge in [0.1, 0.15) is 0 Å². The van der Waals surface area contributed by atoms with Crippen molar-refractivity contribution in [2.75, 3.05) is 6.61 Å². The molecule has 0 amide bonds. The van der Waals surface area contributed by atoms with E-state index in [4.69, 9.17) is 11.3 Å². The van der Waals surface area contributed by atoms with Crippen LogP contribution in [0.1, 0.15) is 18.1 Å². The Hall–Kier alpha value is -2.48. The number of carbonyl (C=O) groups excluding carboxylic acids is 1. The number of benzene rings is 1. The van der Waals surface area contributed by atoms with Crippen molar-refractivity contribution < 1.29 is 9.53 Å². The summed E-state index contributed by atoms with van der Waals surface area (Å²) in [6.07, 6.45) is 4.04. The zero-order valence-corrected chi connectivity index (χ0v) is 11.1. The van der Waals surface area contributed by atoms with Gasteiger partial charge in [0.2, 0.25) is 0 Å². The van der Waals surface area contributed by atoms with Crippen LogP contribution in [-0.2, 0) is 22.4 Å². The fourth-order valence-corrected chi connectivity index (χ4v) is 2.65. The number of fused-ring (bicyclic) bond motifs is 2. The molecule has 1 aromatic carbocycles. The zero-order chi connectivity index (χ0) is 14.2. The van der Waals surface area contributed by atoms with Crippen LogP contribution in [0.25, 0.3) is 15.9 Å². The molecule has 100 valence electrons. The number of carbonyl (C=O) groups is 1. The van der Waals surface area contributed by atoms with Crippen molar-refractivity contribution in [2.45, 2.75) is 25.3 Å². The van der Waals surface area contributed by atoms with Crippen LogP contribution in [0.4, 0.5) is 0 Å². The maximum absolute atomic E-state index is 12.1. The minimum absolute atomic E-state index is 0.289. The lowest BCUT2D eigenvalue weighted by Gasteiger charge is -2.13. The maximum atomic E-state index is 12.1. The smallest absolute Gasteiger partial charge is 0.394 e. The van der Waals surface area contributed by atoms with Crippen molar-refractivity contribution in [2.24, 2.45) is 0 Å². The molecule has 0 bridgehead atoms. The van der Waals surface area contributed by atoms with E-state index in [-0.39, 0.29) is 6.61 Å². The van der Waals surface area contributed by atoms with Crippen molar-refractivity contribution >= 4 is 17.0 Å². The normalized spacial score (nSPS) is 15.6. The molecule has 1 aromatic heterocycles. The number of hydrogen-bond acceptors (Lipinski definition) is 4. The van der Waals surface area contributed by atoms with Gasteiger partial charge in [0.25, 0.3) is 0 Å². The third-order valence-corrected chi connectivity index (χ3v) is 3.63. The molecule has 0 saturated carbocycles. The Morgan fingerprint density at radius 3 is 2.30 bits per heavy atom. The predicted molar refractivity (Wildman–Crippen MR) is 72.9 cm³/mol. The van der Waals surface area contributed by atoms with Crippen molar-refractivity contribution in [3.8, 4) is 0 Å². The van der Waals surface area contributed by atoms with Crippen LogP contribution in [0.15, 0.2) is 24.5 Å². The van der Waals surface area contributed by atoms with Crippen LogP contribution < -0.4 is 0 Å². The van der Waals surface area contributed by atoms with E-state index in [2.05, 4.69) is 14.8 Å². The molecule has 0 spiro atoms. The van der Waals surface area contributed by atoms with E-state index < -0.39 is 11.5 Å². The highest BCUT2D eigenvalue weighted by Gasteiger charge is 2.52. The van der Waals surface area contributed by atoms with E-state index in [1.807, 2.05) is 12.1 Å². The predicted octanol–water partition coefficient (Wildman–Crippen LogP) is 1.95. The third kappa shape index (κ3) is 1.81. The van der Waals surface area contributed by atoms with Crippen molar-refractivity contribution in [1.82, 2.24) is 9.97 Å². The molecule has 0 aliphatic heterocycles. The van der Waals surface area contributed by atoms with Crippen molar-refractivity contribution in [3.63, 3.8) is 0 Å². The molecule has 0 radical (unpaired) electrons. The summed E-state index contributed by atoms with van der Waals surface area (Å²) in [6, 6.07) is 3.84. The number of rotatable bonds is 2. The molecule has 1 aliphatic rings. The molecule has 5 heteroatoms. The van der Waals surface area contributed by atoms with Crippen LogP contribution in [0.2, 0.25) is 0 Å². The Bertz CT molecular complexity index is 689. The van der Waals surface area contributed by atoms with E-state index in [9.17, 15) is 4.79 Å². The van der Waals surface area contributed by atoms with Gasteiger partial charge in [-0.3, -0.25) is 14.8 Å². The van der Waals surface area contributed by atoms with Gasteiger partial charge in [-0.05, 0) is 30.2 Å². The standard InChI is InChI=1S/C15H13N3O2/c1-3-20-14(19)15(16-2)8-10-6-12-13(7-11(10)9-15)18-5-4-17-12/h4-7H,3,8-9H2,1H3. The van der Waals surface area contributed by atoms with Crippen molar-refractivity contribution in [1.29, 1.82) is 0 Å². The monoisotopic (exact) mass is 267 g/mol. The van der Waals surface area contributed by atoms with Crippen LogP contribution in [0.3, 0.4) is 0 Å². The molecule has 1 heterocycles. The average molecular weight is 267 g/mol. The van der Waals surface area contributed by atoms with Crippen LogP contribution in [-0.4, -0.2) is 28.1 Å². The topological polar surface area (TPSA) is 56.4 Å². The summed E-state index contributed by atoms with van der Waals surface area (Å²) >= 11 is 0. The van der Waals surface area contributed by atoms with Gasteiger partial charge in [-0.1, -0.05) is 0 Å². The molecule has 0 N–H and O–H groups in total. The largest absolute Gasteiger partial charge is 0.460 e. The maximum Gasteiger partial charge on any atom is 0.394 e. The SMILES string of the molecule is [C-]#[N+]C1(C(=O)OCC)Cc2cc3nccnc3cc2C1. The first-order valence-electron chi connectivity index (χ1n) is 6.47. The Morgan fingerprint density at radius 2 is 1.85 bits per heavy atom. The van der Waals surface area contributed by atoms with Gasteiger partial charge in [0.05, 0.1) is 30.5 Å². The summed E-state index contributed by atoms with van der Waals surface area (Å²) in [4.78, 5) is 24.2. The Morgan fingerprint density at radius 1 is 1.30 bits per heavy atom. The quantitative estimate of drug-likeness (QED) is 0.616. The third-order valence-electron chi connectivity index (χ3n) is 3.63. The lowest BCUT2D eigenvalue weighted by molar-refractivity contribution is -0.147. The Kier molecular flexibility index (Phi) is 2.87. The fraction of sp³-hybridized carbons (Fsp3) is 0.333. The molecule has 2 aromatic rings. The Balaban J connectivity index is 2.04. The first kappa shape index (κ1) is 12.5. The lowest BCUT2D eigenvalue weighted by atomic mass is 9.97.